The highest BCUT2D eigenvalue weighted by Crippen LogP contribution is 2.17. The minimum Gasteiger partial charge on any atom is -0.391 e. The van der Waals surface area contributed by atoms with Crippen molar-refractivity contribution >= 4 is 11.8 Å². The zero-order valence-electron chi connectivity index (χ0n) is 8.99. The minimum atomic E-state index is 1.04. The Kier molecular flexibility index (Phi) is 6.84. The summed E-state index contributed by atoms with van der Waals surface area (Å²) in [4.78, 5) is 1.36. The molecule has 1 aromatic rings. The van der Waals surface area contributed by atoms with E-state index >= 15 is 0 Å². The molecule has 1 aromatic carbocycles. The van der Waals surface area contributed by atoms with Gasteiger partial charge in [-0.25, -0.2) is 0 Å². The highest BCUT2D eigenvalue weighted by molar-refractivity contribution is 7.99. The van der Waals surface area contributed by atoms with Crippen LogP contribution in [0.4, 0.5) is 0 Å². The first-order chi connectivity index (χ1) is 7.43. The number of thioether (sulfide) groups is 1. The standard InChI is InChI=1S/C13H18NS/c1-2-10-14-11-6-7-12-15-13-8-4-3-5-9-13/h2-5,8-10,14H,1,6-7,11-12H2. The lowest BCUT2D eigenvalue weighted by atomic mass is 10.3. The fraction of sp³-hybridized carbons (Fsp3) is 0.308. The number of nitrogens with one attached hydrogen (secondary N) is 1. The molecular formula is C13H18NS. The third-order valence-corrected chi connectivity index (χ3v) is 3.06. The van der Waals surface area contributed by atoms with Gasteiger partial charge < -0.3 is 5.32 Å². The van der Waals surface area contributed by atoms with Gasteiger partial charge in [0, 0.05) is 11.4 Å². The van der Waals surface area contributed by atoms with Crippen molar-refractivity contribution in [3.63, 3.8) is 0 Å². The van der Waals surface area contributed by atoms with Crippen LogP contribution in [-0.2, 0) is 0 Å². The largest absolute Gasteiger partial charge is 0.391 e. The Hall–Kier alpha value is -0.890. The average molecular weight is 220 g/mol. The molecule has 2 heteroatoms. The second-order valence-corrected chi connectivity index (χ2v) is 4.39. The van der Waals surface area contributed by atoms with Crippen LogP contribution in [0.5, 0.6) is 0 Å². The zero-order valence-corrected chi connectivity index (χ0v) is 9.80. The molecule has 0 aliphatic rings. The monoisotopic (exact) mass is 220 g/mol. The number of benzene rings is 1. The molecule has 1 radical (unpaired) electrons. The molecule has 0 saturated carbocycles. The maximum atomic E-state index is 3.61. The van der Waals surface area contributed by atoms with Gasteiger partial charge in [-0.05, 0) is 43.9 Å². The lowest BCUT2D eigenvalue weighted by Crippen LogP contribution is -2.06. The summed E-state index contributed by atoms with van der Waals surface area (Å²) in [6.45, 7) is 4.66. The molecule has 1 nitrogen and oxygen atoms in total. The SMILES string of the molecule is [CH2]C=CNCCCCSc1ccccc1. The number of unbranched alkanes of at least 4 members (excludes halogenated alkanes) is 1. The smallest absolute Gasteiger partial charge is 0.0141 e. The Balaban J connectivity index is 1.98. The van der Waals surface area contributed by atoms with E-state index in [-0.39, 0.29) is 0 Å². The minimum absolute atomic E-state index is 1.04. The van der Waals surface area contributed by atoms with E-state index in [1.165, 1.54) is 23.5 Å². The van der Waals surface area contributed by atoms with Crippen LogP contribution in [0.25, 0.3) is 0 Å². The molecule has 0 aromatic heterocycles. The molecule has 0 aliphatic heterocycles. The fourth-order valence-electron chi connectivity index (χ4n) is 1.20. The highest BCUT2D eigenvalue weighted by Gasteiger charge is 1.92. The Morgan fingerprint density at radius 2 is 2.00 bits per heavy atom. The van der Waals surface area contributed by atoms with E-state index in [9.17, 15) is 0 Å². The first-order valence-corrected chi connectivity index (χ1v) is 6.27. The molecule has 1 N–H and O–H groups in total. The van der Waals surface area contributed by atoms with Crippen molar-refractivity contribution in [2.24, 2.45) is 0 Å². The van der Waals surface area contributed by atoms with Gasteiger partial charge in [-0.15, -0.1) is 11.8 Å². The predicted molar refractivity (Wildman–Crippen MR) is 68.9 cm³/mol. The molecule has 0 spiro atoms. The van der Waals surface area contributed by atoms with Crippen molar-refractivity contribution in [2.45, 2.75) is 17.7 Å². The van der Waals surface area contributed by atoms with E-state index in [2.05, 4.69) is 42.6 Å². The predicted octanol–water partition coefficient (Wildman–Crippen LogP) is 3.50. The molecule has 0 unspecified atom stereocenters. The van der Waals surface area contributed by atoms with Crippen LogP contribution >= 0.6 is 11.8 Å². The summed E-state index contributed by atoms with van der Waals surface area (Å²) in [5.41, 5.74) is 0. The summed E-state index contributed by atoms with van der Waals surface area (Å²) in [7, 11) is 0. The molecular weight excluding hydrogens is 202 g/mol. The van der Waals surface area contributed by atoms with Crippen LogP contribution in [0.3, 0.4) is 0 Å². The molecule has 0 fully saturated rings. The van der Waals surface area contributed by atoms with Gasteiger partial charge in [0.05, 0.1) is 0 Å². The van der Waals surface area contributed by atoms with Crippen molar-refractivity contribution in [2.75, 3.05) is 12.3 Å². The van der Waals surface area contributed by atoms with Crippen LogP contribution in [0.1, 0.15) is 12.8 Å². The lowest BCUT2D eigenvalue weighted by Gasteiger charge is -2.02. The second kappa shape index (κ2) is 8.42. The van der Waals surface area contributed by atoms with Gasteiger partial charge in [-0.1, -0.05) is 24.3 Å². The Labute approximate surface area is 97.0 Å². The molecule has 81 valence electrons. The summed E-state index contributed by atoms with van der Waals surface area (Å²) in [6.07, 6.45) is 6.13. The molecule has 1 rings (SSSR count). The maximum Gasteiger partial charge on any atom is 0.0141 e. The molecule has 0 saturated heterocycles. The molecule has 15 heavy (non-hydrogen) atoms. The molecule has 0 atom stereocenters. The average Bonchev–Trinajstić information content (AvgIpc) is 2.29. The van der Waals surface area contributed by atoms with E-state index in [1.807, 2.05) is 18.0 Å². The fourth-order valence-corrected chi connectivity index (χ4v) is 2.14. The topological polar surface area (TPSA) is 12.0 Å². The molecule has 0 bridgehead atoms. The number of rotatable bonds is 7. The van der Waals surface area contributed by atoms with Crippen LogP contribution in [0.15, 0.2) is 47.5 Å². The van der Waals surface area contributed by atoms with Gasteiger partial charge in [-0.3, -0.25) is 0 Å². The van der Waals surface area contributed by atoms with Gasteiger partial charge in [0.2, 0.25) is 0 Å². The summed E-state index contributed by atoms with van der Waals surface area (Å²) in [5, 5.41) is 3.18. The van der Waals surface area contributed by atoms with Gasteiger partial charge in [0.25, 0.3) is 0 Å². The van der Waals surface area contributed by atoms with Crippen molar-refractivity contribution in [3.8, 4) is 0 Å². The third-order valence-electron chi connectivity index (χ3n) is 1.96. The lowest BCUT2D eigenvalue weighted by molar-refractivity contribution is 0.740. The summed E-state index contributed by atoms with van der Waals surface area (Å²) in [5.74, 6) is 1.19. The zero-order chi connectivity index (χ0) is 10.8. The number of allylic oxidation sites excluding steroid dienone is 1. The van der Waals surface area contributed by atoms with E-state index < -0.39 is 0 Å². The van der Waals surface area contributed by atoms with Crippen molar-refractivity contribution < 1.29 is 0 Å². The highest BCUT2D eigenvalue weighted by atomic mass is 32.2. The van der Waals surface area contributed by atoms with E-state index in [1.54, 1.807) is 6.08 Å². The van der Waals surface area contributed by atoms with Crippen molar-refractivity contribution in [3.05, 3.63) is 49.5 Å². The van der Waals surface area contributed by atoms with Gasteiger partial charge >= 0.3 is 0 Å². The quantitative estimate of drug-likeness (QED) is 0.557. The normalized spacial score (nSPS) is 10.7. The maximum absolute atomic E-state index is 3.61. The van der Waals surface area contributed by atoms with Gasteiger partial charge in [0.1, 0.15) is 0 Å². The summed E-state index contributed by atoms with van der Waals surface area (Å²) in [6, 6.07) is 10.5. The van der Waals surface area contributed by atoms with E-state index in [0.29, 0.717) is 0 Å². The first-order valence-electron chi connectivity index (χ1n) is 5.29. The molecule has 0 heterocycles. The summed E-state index contributed by atoms with van der Waals surface area (Å²) >= 11 is 1.93. The second-order valence-electron chi connectivity index (χ2n) is 3.23. The van der Waals surface area contributed by atoms with Crippen LogP contribution < -0.4 is 5.32 Å². The number of hydrogen-bond acceptors (Lipinski definition) is 2. The molecule has 0 aliphatic carbocycles. The van der Waals surface area contributed by atoms with Crippen molar-refractivity contribution in [1.29, 1.82) is 0 Å². The Morgan fingerprint density at radius 3 is 2.73 bits per heavy atom. The molecule has 0 amide bonds. The van der Waals surface area contributed by atoms with Gasteiger partial charge in [-0.2, -0.15) is 0 Å². The Bertz CT molecular complexity index is 269. The first kappa shape index (κ1) is 12.2. The van der Waals surface area contributed by atoms with Crippen LogP contribution in [0, 0.1) is 6.92 Å². The van der Waals surface area contributed by atoms with E-state index in [0.717, 1.165) is 6.54 Å². The number of hydrogen-bond donors (Lipinski definition) is 1. The van der Waals surface area contributed by atoms with Crippen molar-refractivity contribution in [1.82, 2.24) is 5.32 Å². The van der Waals surface area contributed by atoms with E-state index in [4.69, 9.17) is 0 Å². The van der Waals surface area contributed by atoms with Crippen LogP contribution in [0.2, 0.25) is 0 Å². The van der Waals surface area contributed by atoms with Gasteiger partial charge in [0.15, 0.2) is 0 Å². The third kappa shape index (κ3) is 6.24. The summed E-state index contributed by atoms with van der Waals surface area (Å²) < 4.78 is 0. The Morgan fingerprint density at radius 1 is 1.20 bits per heavy atom. The van der Waals surface area contributed by atoms with Crippen LogP contribution in [-0.4, -0.2) is 12.3 Å².